The van der Waals surface area contributed by atoms with E-state index in [0.29, 0.717) is 5.75 Å². The number of nitrogens with one attached hydrogen (secondary N) is 1. The van der Waals surface area contributed by atoms with Gasteiger partial charge in [-0.3, -0.25) is 4.79 Å². The summed E-state index contributed by atoms with van der Waals surface area (Å²) in [6, 6.07) is 11.9. The number of fused-ring (bicyclic) bond motifs is 2. The van der Waals surface area contributed by atoms with E-state index in [9.17, 15) is 4.79 Å². The van der Waals surface area contributed by atoms with Crippen molar-refractivity contribution in [1.29, 1.82) is 0 Å². The molecular weight excluding hydrogens is 304 g/mol. The third kappa shape index (κ3) is 2.46. The second-order valence-corrected chi connectivity index (χ2v) is 6.33. The van der Waals surface area contributed by atoms with Gasteiger partial charge in [0.15, 0.2) is 11.5 Å². The van der Waals surface area contributed by atoms with Crippen LogP contribution >= 0.6 is 0 Å². The largest absolute Gasteiger partial charge is 0.454 e. The molecule has 2 heterocycles. The Morgan fingerprint density at radius 3 is 2.79 bits per heavy atom. The fourth-order valence-corrected chi connectivity index (χ4v) is 3.40. The minimum atomic E-state index is -0.137. The van der Waals surface area contributed by atoms with Crippen LogP contribution in [0.3, 0.4) is 0 Å². The summed E-state index contributed by atoms with van der Waals surface area (Å²) in [5.41, 5.74) is 3.96. The van der Waals surface area contributed by atoms with E-state index in [-0.39, 0.29) is 18.6 Å². The van der Waals surface area contributed by atoms with Crippen molar-refractivity contribution in [2.24, 2.45) is 0 Å². The normalized spacial score (nSPS) is 18.2. The predicted molar refractivity (Wildman–Crippen MR) is 93.0 cm³/mol. The molecule has 2 aliphatic rings. The van der Waals surface area contributed by atoms with Crippen LogP contribution < -0.4 is 19.7 Å². The Kier molecular flexibility index (Phi) is 3.56. The van der Waals surface area contributed by atoms with Crippen LogP contribution in [0, 0.1) is 6.92 Å². The Hall–Kier alpha value is -2.69. The SMILES string of the molecule is Cc1cc2c(cc1NC(=O)[C@H]1CCN(C)c3ccccc31)OCO2. The van der Waals surface area contributed by atoms with Crippen molar-refractivity contribution < 1.29 is 14.3 Å². The van der Waals surface area contributed by atoms with E-state index < -0.39 is 0 Å². The van der Waals surface area contributed by atoms with Gasteiger partial charge < -0.3 is 19.7 Å². The summed E-state index contributed by atoms with van der Waals surface area (Å²) >= 11 is 0. The topological polar surface area (TPSA) is 50.8 Å². The van der Waals surface area contributed by atoms with E-state index in [0.717, 1.165) is 41.2 Å². The number of rotatable bonds is 2. The lowest BCUT2D eigenvalue weighted by Gasteiger charge is -2.32. The van der Waals surface area contributed by atoms with E-state index >= 15 is 0 Å². The van der Waals surface area contributed by atoms with Crippen LogP contribution in [-0.4, -0.2) is 26.3 Å². The third-order valence-electron chi connectivity index (χ3n) is 4.77. The molecule has 5 nitrogen and oxygen atoms in total. The molecule has 1 amide bonds. The smallest absolute Gasteiger partial charge is 0.232 e. The zero-order valence-electron chi connectivity index (χ0n) is 13.8. The highest BCUT2D eigenvalue weighted by atomic mass is 16.7. The minimum absolute atomic E-state index is 0.0255. The molecular formula is C19H20N2O3. The van der Waals surface area contributed by atoms with Gasteiger partial charge in [0.25, 0.3) is 0 Å². The highest BCUT2D eigenvalue weighted by Crippen LogP contribution is 2.38. The number of amides is 1. The van der Waals surface area contributed by atoms with Gasteiger partial charge in [-0.1, -0.05) is 18.2 Å². The molecule has 24 heavy (non-hydrogen) atoms. The van der Waals surface area contributed by atoms with E-state index in [1.54, 1.807) is 0 Å². The van der Waals surface area contributed by atoms with Gasteiger partial charge in [0.2, 0.25) is 12.7 Å². The summed E-state index contributed by atoms with van der Waals surface area (Å²) in [5.74, 6) is 1.30. The number of hydrogen-bond donors (Lipinski definition) is 1. The quantitative estimate of drug-likeness (QED) is 0.921. The molecule has 5 heteroatoms. The molecule has 1 atom stereocenters. The first kappa shape index (κ1) is 14.9. The lowest BCUT2D eigenvalue weighted by Crippen LogP contribution is -2.32. The summed E-state index contributed by atoms with van der Waals surface area (Å²) in [7, 11) is 2.06. The maximum Gasteiger partial charge on any atom is 0.232 e. The molecule has 124 valence electrons. The highest BCUT2D eigenvalue weighted by molar-refractivity contribution is 5.98. The van der Waals surface area contributed by atoms with Crippen LogP contribution in [0.2, 0.25) is 0 Å². The fourth-order valence-electron chi connectivity index (χ4n) is 3.40. The van der Waals surface area contributed by atoms with Gasteiger partial charge in [0.1, 0.15) is 0 Å². The standard InChI is InChI=1S/C19H20N2O3/c1-12-9-17-18(24-11-23-17)10-15(12)20-19(22)14-7-8-21(2)16-6-4-3-5-13(14)16/h3-6,9-10,14H,7-8,11H2,1-2H3,(H,20,22)/t14-/m0/s1. The Bertz CT molecular complexity index is 803. The average Bonchev–Trinajstić information content (AvgIpc) is 3.02. The molecule has 0 radical (unpaired) electrons. The van der Waals surface area contributed by atoms with E-state index in [4.69, 9.17) is 9.47 Å². The van der Waals surface area contributed by atoms with Gasteiger partial charge in [-0.2, -0.15) is 0 Å². The number of carbonyl (C=O) groups excluding carboxylic acids is 1. The van der Waals surface area contributed by atoms with Crippen molar-refractivity contribution in [3.05, 3.63) is 47.5 Å². The monoisotopic (exact) mass is 324 g/mol. The van der Waals surface area contributed by atoms with Gasteiger partial charge in [-0.05, 0) is 36.6 Å². The molecule has 4 rings (SSSR count). The van der Waals surface area contributed by atoms with Crippen molar-refractivity contribution in [2.75, 3.05) is 30.6 Å². The van der Waals surface area contributed by atoms with Gasteiger partial charge in [-0.25, -0.2) is 0 Å². The van der Waals surface area contributed by atoms with Gasteiger partial charge in [-0.15, -0.1) is 0 Å². The van der Waals surface area contributed by atoms with Crippen molar-refractivity contribution in [1.82, 2.24) is 0 Å². The summed E-state index contributed by atoms with van der Waals surface area (Å²) < 4.78 is 10.8. The number of hydrogen-bond acceptors (Lipinski definition) is 4. The van der Waals surface area contributed by atoms with E-state index in [1.165, 1.54) is 0 Å². The first-order chi connectivity index (χ1) is 11.6. The van der Waals surface area contributed by atoms with Crippen molar-refractivity contribution in [2.45, 2.75) is 19.3 Å². The molecule has 0 bridgehead atoms. The Morgan fingerprint density at radius 1 is 1.21 bits per heavy atom. The zero-order chi connectivity index (χ0) is 16.7. The van der Waals surface area contributed by atoms with Crippen LogP contribution in [0.4, 0.5) is 11.4 Å². The third-order valence-corrected chi connectivity index (χ3v) is 4.77. The molecule has 0 spiro atoms. The first-order valence-electron chi connectivity index (χ1n) is 8.14. The van der Waals surface area contributed by atoms with Gasteiger partial charge in [0, 0.05) is 31.0 Å². The second-order valence-electron chi connectivity index (χ2n) is 6.33. The molecule has 2 aromatic rings. The number of carbonyl (C=O) groups is 1. The molecule has 1 N–H and O–H groups in total. The lowest BCUT2D eigenvalue weighted by atomic mass is 9.89. The number of anilines is 2. The van der Waals surface area contributed by atoms with Gasteiger partial charge in [0.05, 0.1) is 5.92 Å². The van der Waals surface area contributed by atoms with Crippen LogP contribution in [-0.2, 0) is 4.79 Å². The predicted octanol–water partition coefficient (Wildman–Crippen LogP) is 3.29. The van der Waals surface area contributed by atoms with Gasteiger partial charge >= 0.3 is 0 Å². The van der Waals surface area contributed by atoms with Crippen LogP contribution in [0.5, 0.6) is 11.5 Å². The van der Waals surface area contributed by atoms with E-state index in [1.807, 2.05) is 37.3 Å². The molecule has 0 aromatic heterocycles. The molecule has 0 fully saturated rings. The number of ether oxygens (including phenoxy) is 2. The number of benzene rings is 2. The maximum atomic E-state index is 12.9. The Morgan fingerprint density at radius 2 is 1.96 bits per heavy atom. The molecule has 0 saturated carbocycles. The molecule has 0 unspecified atom stereocenters. The average molecular weight is 324 g/mol. The summed E-state index contributed by atoms with van der Waals surface area (Å²) in [6.07, 6.45) is 0.808. The molecule has 0 aliphatic carbocycles. The zero-order valence-corrected chi connectivity index (χ0v) is 13.8. The summed E-state index contributed by atoms with van der Waals surface area (Å²) in [5, 5.41) is 3.07. The van der Waals surface area contributed by atoms with Crippen LogP contribution in [0.15, 0.2) is 36.4 Å². The second kappa shape index (κ2) is 5.74. The lowest BCUT2D eigenvalue weighted by molar-refractivity contribution is -0.117. The van der Waals surface area contributed by atoms with E-state index in [2.05, 4.69) is 23.3 Å². The molecule has 0 saturated heterocycles. The maximum absolute atomic E-state index is 12.9. The Balaban J connectivity index is 1.61. The van der Waals surface area contributed by atoms with Crippen LogP contribution in [0.1, 0.15) is 23.5 Å². The molecule has 2 aromatic carbocycles. The molecule has 2 aliphatic heterocycles. The first-order valence-corrected chi connectivity index (χ1v) is 8.14. The Labute approximate surface area is 141 Å². The number of nitrogens with zero attached hydrogens (tertiary/aromatic N) is 1. The summed E-state index contributed by atoms with van der Waals surface area (Å²) in [6.45, 7) is 3.06. The number of para-hydroxylation sites is 1. The fraction of sp³-hybridized carbons (Fsp3) is 0.316. The minimum Gasteiger partial charge on any atom is -0.454 e. The number of aryl methyl sites for hydroxylation is 1. The van der Waals surface area contributed by atoms with Crippen molar-refractivity contribution in [3.8, 4) is 11.5 Å². The van der Waals surface area contributed by atoms with Crippen molar-refractivity contribution in [3.63, 3.8) is 0 Å². The van der Waals surface area contributed by atoms with Crippen LogP contribution in [0.25, 0.3) is 0 Å². The summed E-state index contributed by atoms with van der Waals surface area (Å²) in [4.78, 5) is 15.1. The highest BCUT2D eigenvalue weighted by Gasteiger charge is 2.29. The van der Waals surface area contributed by atoms with Crippen molar-refractivity contribution >= 4 is 17.3 Å².